The Bertz CT molecular complexity index is 1600. The monoisotopic (exact) mass is 584 g/mol. The molecule has 0 aliphatic carbocycles. The van der Waals surface area contributed by atoms with Crippen molar-refractivity contribution in [1.29, 1.82) is 0 Å². The molecule has 0 aliphatic rings. The number of carbonyl (C=O) groups is 2. The van der Waals surface area contributed by atoms with E-state index < -0.39 is 11.8 Å². The van der Waals surface area contributed by atoms with E-state index in [0.29, 0.717) is 22.0 Å². The number of rotatable bonds is 8. The zero-order valence-corrected chi connectivity index (χ0v) is 22.8. The van der Waals surface area contributed by atoms with Crippen molar-refractivity contribution >= 4 is 63.4 Å². The summed E-state index contributed by atoms with van der Waals surface area (Å²) < 4.78 is 7.11. The van der Waals surface area contributed by atoms with Crippen LogP contribution in [0.25, 0.3) is 5.82 Å². The second-order valence-corrected chi connectivity index (χ2v) is 10.5. The van der Waals surface area contributed by atoms with Crippen molar-refractivity contribution < 1.29 is 14.3 Å². The number of hydrogen-bond donors (Lipinski definition) is 2. The smallest absolute Gasteiger partial charge is 0.274 e. The number of nitrogens with one attached hydrogen (secondary N) is 2. The quantitative estimate of drug-likeness (QED) is 0.219. The fourth-order valence-corrected chi connectivity index (χ4v) is 5.14. The van der Waals surface area contributed by atoms with Gasteiger partial charge in [-0.1, -0.05) is 23.2 Å². The molecule has 0 saturated carbocycles. The molecule has 38 heavy (non-hydrogen) atoms. The average Bonchev–Trinajstić information content (AvgIpc) is 3.67. The molecule has 0 saturated heterocycles. The summed E-state index contributed by atoms with van der Waals surface area (Å²) in [5.41, 5.74) is 1.20. The molecule has 0 spiro atoms. The van der Waals surface area contributed by atoms with Crippen LogP contribution < -0.4 is 15.4 Å². The minimum atomic E-state index is -0.557. The molecule has 13 heteroatoms. The molecule has 0 unspecified atom stereocenters. The van der Waals surface area contributed by atoms with Crippen LogP contribution in [0.5, 0.6) is 11.6 Å². The van der Waals surface area contributed by atoms with E-state index in [2.05, 4.69) is 25.7 Å². The van der Waals surface area contributed by atoms with E-state index in [1.165, 1.54) is 45.7 Å². The van der Waals surface area contributed by atoms with E-state index in [1.54, 1.807) is 42.8 Å². The molecule has 4 heterocycles. The molecule has 0 bridgehead atoms. The lowest BCUT2D eigenvalue weighted by Crippen LogP contribution is -2.26. The second kappa shape index (κ2) is 11.3. The number of benzene rings is 1. The first-order valence-electron chi connectivity index (χ1n) is 11.1. The van der Waals surface area contributed by atoms with Gasteiger partial charge in [-0.3, -0.25) is 9.59 Å². The van der Waals surface area contributed by atoms with Crippen molar-refractivity contribution in [1.82, 2.24) is 25.1 Å². The first kappa shape index (κ1) is 25.9. The van der Waals surface area contributed by atoms with Gasteiger partial charge in [0.2, 0.25) is 5.88 Å². The number of halogens is 2. The maximum atomic E-state index is 13.6. The SMILES string of the molecule is Cc1cc(Cl)cc(C(=O)NCc2nccs2)c1NC(=O)c1cc(Oc2ccsc2)nn1-c1ncccc1Cl. The van der Waals surface area contributed by atoms with Crippen LogP contribution in [0.2, 0.25) is 10.0 Å². The third-order valence-electron chi connectivity index (χ3n) is 5.24. The Morgan fingerprint density at radius 2 is 1.95 bits per heavy atom. The molecule has 2 amide bonds. The Balaban J connectivity index is 1.48. The maximum Gasteiger partial charge on any atom is 0.274 e. The van der Waals surface area contributed by atoms with Crippen LogP contribution in [-0.2, 0) is 6.54 Å². The highest BCUT2D eigenvalue weighted by Gasteiger charge is 2.23. The van der Waals surface area contributed by atoms with Gasteiger partial charge >= 0.3 is 0 Å². The molecule has 0 fully saturated rings. The Kier molecular flexibility index (Phi) is 7.70. The summed E-state index contributed by atoms with van der Waals surface area (Å²) in [6.45, 7) is 1.99. The van der Waals surface area contributed by atoms with E-state index >= 15 is 0 Å². The van der Waals surface area contributed by atoms with Crippen LogP contribution in [-0.4, -0.2) is 31.6 Å². The van der Waals surface area contributed by atoms with E-state index in [0.717, 1.165) is 5.01 Å². The van der Waals surface area contributed by atoms with Crippen LogP contribution in [0.15, 0.2) is 64.9 Å². The zero-order valence-electron chi connectivity index (χ0n) is 19.6. The molecule has 1 aromatic carbocycles. The minimum Gasteiger partial charge on any atom is -0.437 e. The molecule has 0 aliphatic heterocycles. The maximum absolute atomic E-state index is 13.6. The number of anilines is 1. The van der Waals surface area contributed by atoms with Crippen LogP contribution in [0, 0.1) is 6.92 Å². The van der Waals surface area contributed by atoms with Gasteiger partial charge < -0.3 is 15.4 Å². The Hall–Kier alpha value is -3.77. The van der Waals surface area contributed by atoms with Crippen molar-refractivity contribution in [3.8, 4) is 17.4 Å². The minimum absolute atomic E-state index is 0.0966. The van der Waals surface area contributed by atoms with Crippen molar-refractivity contribution in [2.24, 2.45) is 0 Å². The van der Waals surface area contributed by atoms with Gasteiger partial charge in [0.1, 0.15) is 16.5 Å². The van der Waals surface area contributed by atoms with Crippen LogP contribution >= 0.6 is 45.9 Å². The number of hydrogen-bond acceptors (Lipinski definition) is 8. The van der Waals surface area contributed by atoms with E-state index in [4.69, 9.17) is 27.9 Å². The number of aromatic nitrogens is 4. The molecular weight excluding hydrogens is 567 g/mol. The summed E-state index contributed by atoms with van der Waals surface area (Å²) in [5.74, 6) is 0.0207. The van der Waals surface area contributed by atoms with Gasteiger partial charge in [0.15, 0.2) is 5.82 Å². The van der Waals surface area contributed by atoms with Gasteiger partial charge in [0.05, 0.1) is 22.8 Å². The molecule has 2 N–H and O–H groups in total. The van der Waals surface area contributed by atoms with Crippen molar-refractivity contribution in [3.05, 3.63) is 96.8 Å². The fourth-order valence-electron chi connectivity index (χ4n) is 3.55. The molecule has 4 aromatic heterocycles. The number of pyridine rings is 1. The topological polar surface area (TPSA) is 111 Å². The lowest BCUT2D eigenvalue weighted by atomic mass is 10.1. The van der Waals surface area contributed by atoms with Crippen molar-refractivity contribution in [3.63, 3.8) is 0 Å². The number of carbonyl (C=O) groups excluding carboxylic acids is 2. The summed E-state index contributed by atoms with van der Waals surface area (Å²) >= 11 is 15.5. The molecule has 192 valence electrons. The van der Waals surface area contributed by atoms with E-state index in [-0.39, 0.29) is 34.5 Å². The first-order valence-corrected chi connectivity index (χ1v) is 13.7. The number of thiazole rings is 1. The average molecular weight is 585 g/mol. The van der Waals surface area contributed by atoms with Gasteiger partial charge in [-0.2, -0.15) is 0 Å². The molecule has 5 rings (SSSR count). The fraction of sp³-hybridized carbons (Fsp3) is 0.0800. The summed E-state index contributed by atoms with van der Waals surface area (Å²) in [7, 11) is 0. The second-order valence-electron chi connectivity index (χ2n) is 7.86. The number of nitrogens with zero attached hydrogens (tertiary/aromatic N) is 4. The normalized spacial score (nSPS) is 10.8. The predicted molar refractivity (Wildman–Crippen MR) is 148 cm³/mol. The van der Waals surface area contributed by atoms with Gasteiger partial charge in [-0.25, -0.2) is 14.6 Å². The van der Waals surface area contributed by atoms with Crippen LogP contribution in [0.3, 0.4) is 0 Å². The zero-order chi connectivity index (χ0) is 26.6. The number of ether oxygens (including phenoxy) is 1. The van der Waals surface area contributed by atoms with E-state index in [9.17, 15) is 9.59 Å². The highest BCUT2D eigenvalue weighted by molar-refractivity contribution is 7.09. The van der Waals surface area contributed by atoms with Crippen LogP contribution in [0.4, 0.5) is 5.69 Å². The number of thiophene rings is 1. The standard InChI is InChI=1S/C25H18Cl2N6O3S2/c1-14-9-15(26)10-17(24(34)30-12-21-28-6-8-38-21)22(14)31-25(35)19-11-20(36-16-4-7-37-13-16)32-33(19)23-18(27)3-2-5-29-23/h2-11,13H,12H2,1H3,(H,30,34)(H,31,35). The van der Waals surface area contributed by atoms with Gasteiger partial charge in [-0.15, -0.1) is 27.8 Å². The third-order valence-corrected chi connectivity index (χ3v) is 7.20. The van der Waals surface area contributed by atoms with Gasteiger partial charge in [0.25, 0.3) is 11.8 Å². The third kappa shape index (κ3) is 5.70. The predicted octanol–water partition coefficient (Wildman–Crippen LogP) is 6.38. The highest BCUT2D eigenvalue weighted by atomic mass is 35.5. The van der Waals surface area contributed by atoms with Crippen LogP contribution in [0.1, 0.15) is 31.4 Å². The molecule has 5 aromatic rings. The Morgan fingerprint density at radius 3 is 2.68 bits per heavy atom. The molecule has 0 atom stereocenters. The summed E-state index contributed by atoms with van der Waals surface area (Å²) in [4.78, 5) is 35.2. The lowest BCUT2D eigenvalue weighted by molar-refractivity contribution is 0.0951. The van der Waals surface area contributed by atoms with Crippen molar-refractivity contribution in [2.45, 2.75) is 13.5 Å². The highest BCUT2D eigenvalue weighted by Crippen LogP contribution is 2.29. The molecule has 0 radical (unpaired) electrons. The summed E-state index contributed by atoms with van der Waals surface area (Å²) in [6, 6.07) is 9.73. The molecule has 9 nitrogen and oxygen atoms in total. The first-order chi connectivity index (χ1) is 18.4. The number of amides is 2. The van der Waals surface area contributed by atoms with Gasteiger partial charge in [-0.05, 0) is 48.2 Å². The Morgan fingerprint density at radius 1 is 1.08 bits per heavy atom. The summed E-state index contributed by atoms with van der Waals surface area (Å²) in [5, 5.41) is 17.0. The molecular formula is C25H18Cl2N6O3S2. The Labute approximate surface area is 235 Å². The van der Waals surface area contributed by atoms with E-state index in [1.807, 2.05) is 10.8 Å². The van der Waals surface area contributed by atoms with Gasteiger partial charge in [0, 0.05) is 34.2 Å². The number of aryl methyl sites for hydroxylation is 1. The lowest BCUT2D eigenvalue weighted by Gasteiger charge is -2.15. The summed E-state index contributed by atoms with van der Waals surface area (Å²) in [6.07, 6.45) is 3.20. The largest absolute Gasteiger partial charge is 0.437 e. The van der Waals surface area contributed by atoms with Crippen molar-refractivity contribution in [2.75, 3.05) is 5.32 Å².